The Morgan fingerprint density at radius 2 is 2.25 bits per heavy atom. The van der Waals surface area contributed by atoms with Crippen molar-refractivity contribution in [2.45, 2.75) is 38.8 Å². The molecule has 0 bridgehead atoms. The lowest BCUT2D eigenvalue weighted by Gasteiger charge is -2.19. The first-order valence-corrected chi connectivity index (χ1v) is 7.90. The standard InChI is InChI=1S/C17H19F2N3O2/c1-10(16-4-3-7-24-16)21-17(23)13-9-20-22(11(13)2)15-6-5-12(18)8-14(15)19/h5-6,8-10,16H,3-4,7H2,1-2H3,(H,21,23)/t10-,16+/m1/s1. The summed E-state index contributed by atoms with van der Waals surface area (Å²) in [7, 11) is 0. The van der Waals surface area contributed by atoms with Gasteiger partial charge in [-0.1, -0.05) is 0 Å². The maximum Gasteiger partial charge on any atom is 0.255 e. The predicted octanol–water partition coefficient (Wildman–Crippen LogP) is 2.76. The molecule has 5 nitrogen and oxygen atoms in total. The van der Waals surface area contributed by atoms with Crippen LogP contribution < -0.4 is 5.32 Å². The number of carbonyl (C=O) groups excluding carboxylic acids is 1. The Bertz CT molecular complexity index is 754. The summed E-state index contributed by atoms with van der Waals surface area (Å²) in [6.45, 7) is 4.28. The van der Waals surface area contributed by atoms with Gasteiger partial charge in [-0.25, -0.2) is 13.5 Å². The Labute approximate surface area is 138 Å². The van der Waals surface area contributed by atoms with Gasteiger partial charge in [0.2, 0.25) is 0 Å². The molecule has 0 saturated carbocycles. The molecule has 0 unspecified atom stereocenters. The van der Waals surface area contributed by atoms with Crippen LogP contribution in [0.2, 0.25) is 0 Å². The molecule has 2 atom stereocenters. The van der Waals surface area contributed by atoms with Crippen LogP contribution in [0.4, 0.5) is 8.78 Å². The van der Waals surface area contributed by atoms with Gasteiger partial charge >= 0.3 is 0 Å². The van der Waals surface area contributed by atoms with Gasteiger partial charge < -0.3 is 10.1 Å². The van der Waals surface area contributed by atoms with Gasteiger partial charge in [0.1, 0.15) is 11.5 Å². The summed E-state index contributed by atoms with van der Waals surface area (Å²) in [5.41, 5.74) is 0.932. The Hall–Kier alpha value is -2.28. The first-order valence-electron chi connectivity index (χ1n) is 7.90. The molecule has 24 heavy (non-hydrogen) atoms. The van der Waals surface area contributed by atoms with Crippen LogP contribution in [0, 0.1) is 18.6 Å². The van der Waals surface area contributed by atoms with E-state index in [0.29, 0.717) is 17.9 Å². The molecular weight excluding hydrogens is 316 g/mol. The highest BCUT2D eigenvalue weighted by Crippen LogP contribution is 2.19. The van der Waals surface area contributed by atoms with Crippen molar-refractivity contribution in [1.29, 1.82) is 0 Å². The first kappa shape index (κ1) is 16.6. The molecule has 0 spiro atoms. The molecule has 1 saturated heterocycles. The Balaban J connectivity index is 1.80. The molecule has 2 heterocycles. The van der Waals surface area contributed by atoms with E-state index < -0.39 is 11.6 Å². The SMILES string of the molecule is Cc1c(C(=O)N[C@H](C)[C@@H]2CCCO2)cnn1-c1ccc(F)cc1F. The highest BCUT2D eigenvalue weighted by atomic mass is 19.1. The molecule has 1 amide bonds. The summed E-state index contributed by atoms with van der Waals surface area (Å²) in [5.74, 6) is -1.69. The number of hydrogen-bond donors (Lipinski definition) is 1. The van der Waals surface area contributed by atoms with E-state index in [-0.39, 0.29) is 23.7 Å². The zero-order chi connectivity index (χ0) is 17.3. The second-order valence-electron chi connectivity index (χ2n) is 5.96. The molecule has 2 aromatic rings. The van der Waals surface area contributed by atoms with Gasteiger partial charge in [-0.2, -0.15) is 5.10 Å². The summed E-state index contributed by atoms with van der Waals surface area (Å²) in [6, 6.07) is 3.11. The fourth-order valence-corrected chi connectivity index (χ4v) is 2.90. The quantitative estimate of drug-likeness (QED) is 0.935. The van der Waals surface area contributed by atoms with E-state index in [9.17, 15) is 13.6 Å². The van der Waals surface area contributed by atoms with Crippen molar-refractivity contribution >= 4 is 5.91 Å². The summed E-state index contributed by atoms with van der Waals surface area (Å²) >= 11 is 0. The number of aromatic nitrogens is 2. The van der Waals surface area contributed by atoms with Gasteiger partial charge in [0.25, 0.3) is 5.91 Å². The van der Waals surface area contributed by atoms with Crippen LogP contribution in [0.15, 0.2) is 24.4 Å². The third kappa shape index (κ3) is 3.17. The van der Waals surface area contributed by atoms with Crippen LogP contribution in [-0.4, -0.2) is 34.4 Å². The van der Waals surface area contributed by atoms with Gasteiger partial charge in [-0.15, -0.1) is 0 Å². The molecule has 3 rings (SSSR count). The third-order valence-electron chi connectivity index (χ3n) is 4.27. The average molecular weight is 335 g/mol. The van der Waals surface area contributed by atoms with Crippen LogP contribution in [0.1, 0.15) is 35.8 Å². The highest BCUT2D eigenvalue weighted by Gasteiger charge is 2.25. The van der Waals surface area contributed by atoms with E-state index >= 15 is 0 Å². The monoisotopic (exact) mass is 335 g/mol. The van der Waals surface area contributed by atoms with Crippen molar-refractivity contribution in [3.05, 3.63) is 47.3 Å². The fraction of sp³-hybridized carbons (Fsp3) is 0.412. The molecule has 0 radical (unpaired) electrons. The number of nitrogens with one attached hydrogen (secondary N) is 1. The summed E-state index contributed by atoms with van der Waals surface area (Å²) < 4.78 is 33.8. The van der Waals surface area contributed by atoms with Crippen molar-refractivity contribution in [3.8, 4) is 5.69 Å². The summed E-state index contributed by atoms with van der Waals surface area (Å²) in [5, 5.41) is 6.96. The molecule has 1 N–H and O–H groups in total. The van der Waals surface area contributed by atoms with E-state index in [1.165, 1.54) is 16.9 Å². The van der Waals surface area contributed by atoms with Crippen molar-refractivity contribution in [2.75, 3.05) is 6.61 Å². The largest absolute Gasteiger partial charge is 0.376 e. The average Bonchev–Trinajstić information content (AvgIpc) is 3.17. The number of benzene rings is 1. The molecule has 1 aromatic heterocycles. The van der Waals surface area contributed by atoms with E-state index in [2.05, 4.69) is 10.4 Å². The van der Waals surface area contributed by atoms with E-state index in [1.54, 1.807) is 6.92 Å². The topological polar surface area (TPSA) is 56.1 Å². The number of carbonyl (C=O) groups is 1. The second-order valence-corrected chi connectivity index (χ2v) is 5.96. The number of hydrogen-bond acceptors (Lipinski definition) is 3. The van der Waals surface area contributed by atoms with Crippen molar-refractivity contribution in [1.82, 2.24) is 15.1 Å². The number of nitrogens with zero attached hydrogens (tertiary/aromatic N) is 2. The summed E-state index contributed by atoms with van der Waals surface area (Å²) in [6.07, 6.45) is 3.31. The Morgan fingerprint density at radius 1 is 1.46 bits per heavy atom. The van der Waals surface area contributed by atoms with Crippen molar-refractivity contribution in [3.63, 3.8) is 0 Å². The zero-order valence-corrected chi connectivity index (χ0v) is 13.6. The van der Waals surface area contributed by atoms with Crippen LogP contribution in [0.25, 0.3) is 5.69 Å². The maximum atomic E-state index is 13.9. The minimum atomic E-state index is -0.735. The molecule has 1 aromatic carbocycles. The molecule has 0 aliphatic carbocycles. The Morgan fingerprint density at radius 3 is 2.92 bits per heavy atom. The lowest BCUT2D eigenvalue weighted by molar-refractivity contribution is 0.0712. The first-order chi connectivity index (χ1) is 11.5. The molecular formula is C17H19F2N3O2. The smallest absolute Gasteiger partial charge is 0.255 e. The van der Waals surface area contributed by atoms with Gasteiger partial charge in [-0.3, -0.25) is 4.79 Å². The van der Waals surface area contributed by atoms with Crippen LogP contribution in [0.5, 0.6) is 0 Å². The van der Waals surface area contributed by atoms with E-state index in [0.717, 1.165) is 25.0 Å². The highest BCUT2D eigenvalue weighted by molar-refractivity contribution is 5.95. The Kier molecular flexibility index (Phi) is 4.62. The number of halogens is 2. The van der Waals surface area contributed by atoms with E-state index in [4.69, 9.17) is 4.74 Å². The lowest BCUT2D eigenvalue weighted by atomic mass is 10.1. The van der Waals surface area contributed by atoms with E-state index in [1.807, 2.05) is 6.92 Å². The summed E-state index contributed by atoms with van der Waals surface area (Å²) in [4.78, 5) is 12.4. The van der Waals surface area contributed by atoms with Crippen LogP contribution in [0.3, 0.4) is 0 Å². The van der Waals surface area contributed by atoms with Crippen molar-refractivity contribution < 1.29 is 18.3 Å². The number of amides is 1. The molecule has 7 heteroatoms. The fourth-order valence-electron chi connectivity index (χ4n) is 2.90. The molecule has 128 valence electrons. The minimum Gasteiger partial charge on any atom is -0.376 e. The molecule has 1 aliphatic heterocycles. The van der Waals surface area contributed by atoms with Gasteiger partial charge in [-0.05, 0) is 38.8 Å². The van der Waals surface area contributed by atoms with Gasteiger partial charge in [0, 0.05) is 12.7 Å². The second kappa shape index (κ2) is 6.68. The van der Waals surface area contributed by atoms with Gasteiger partial charge in [0.15, 0.2) is 5.82 Å². The maximum absolute atomic E-state index is 13.9. The number of ether oxygens (including phenoxy) is 1. The zero-order valence-electron chi connectivity index (χ0n) is 13.6. The normalized spacial score (nSPS) is 18.6. The van der Waals surface area contributed by atoms with Crippen LogP contribution in [-0.2, 0) is 4.74 Å². The number of rotatable bonds is 4. The minimum absolute atomic E-state index is 0.0128. The van der Waals surface area contributed by atoms with Gasteiger partial charge in [0.05, 0.1) is 29.6 Å². The predicted molar refractivity (Wildman–Crippen MR) is 84.1 cm³/mol. The van der Waals surface area contributed by atoms with Crippen molar-refractivity contribution in [2.24, 2.45) is 0 Å². The molecule has 1 aliphatic rings. The molecule has 1 fully saturated rings. The van der Waals surface area contributed by atoms with Crippen LogP contribution >= 0.6 is 0 Å². The lowest BCUT2D eigenvalue weighted by Crippen LogP contribution is -2.40. The third-order valence-corrected chi connectivity index (χ3v) is 4.27.